The summed E-state index contributed by atoms with van der Waals surface area (Å²) in [6.45, 7) is 3.23. The summed E-state index contributed by atoms with van der Waals surface area (Å²) in [5.74, 6) is -0.269. The molecule has 1 aliphatic heterocycles. The maximum absolute atomic E-state index is 13.8. The van der Waals surface area contributed by atoms with E-state index in [9.17, 15) is 13.2 Å². The summed E-state index contributed by atoms with van der Waals surface area (Å²) in [6.07, 6.45) is 1.72. The Kier molecular flexibility index (Phi) is 7.83. The topological polar surface area (TPSA) is 79.8 Å². The zero-order chi connectivity index (χ0) is 26.9. The van der Waals surface area contributed by atoms with E-state index < -0.39 is 10.0 Å². The fraction of sp³-hybridized carbons (Fsp3) is 0.286. The standard InChI is InChI=1S/C28H28ClN3O4S2/c1-19-10-15-24(29)26-25(19)30-28(37-26)32(18-22-9-6-16-36-22)27(33)21-11-13-23(14-12-21)38(34,35)31(2)17-20-7-4-3-5-8-20/h3-5,7-8,10-15,22H,6,9,16-18H2,1-2H3. The highest BCUT2D eigenvalue weighted by atomic mass is 35.5. The lowest BCUT2D eigenvalue weighted by molar-refractivity contribution is 0.0917. The quantitative estimate of drug-likeness (QED) is 0.264. The average Bonchev–Trinajstić information content (AvgIpc) is 3.61. The summed E-state index contributed by atoms with van der Waals surface area (Å²) < 4.78 is 34.3. The summed E-state index contributed by atoms with van der Waals surface area (Å²) in [7, 11) is -2.19. The van der Waals surface area contributed by atoms with E-state index in [0.29, 0.717) is 28.9 Å². The third-order valence-corrected chi connectivity index (χ3v) is 9.99. The summed E-state index contributed by atoms with van der Waals surface area (Å²) in [6, 6.07) is 19.2. The zero-order valence-corrected chi connectivity index (χ0v) is 23.5. The van der Waals surface area contributed by atoms with Gasteiger partial charge in [0.05, 0.1) is 32.8 Å². The van der Waals surface area contributed by atoms with Gasteiger partial charge in [-0.05, 0) is 61.2 Å². The van der Waals surface area contributed by atoms with E-state index in [1.54, 1.807) is 24.1 Å². The van der Waals surface area contributed by atoms with Gasteiger partial charge in [-0.1, -0.05) is 59.3 Å². The highest BCUT2D eigenvalue weighted by molar-refractivity contribution is 7.89. The van der Waals surface area contributed by atoms with Crippen molar-refractivity contribution in [3.63, 3.8) is 0 Å². The number of aromatic nitrogens is 1. The van der Waals surface area contributed by atoms with Crippen molar-refractivity contribution in [1.82, 2.24) is 9.29 Å². The Hall–Kier alpha value is -2.82. The van der Waals surface area contributed by atoms with Gasteiger partial charge in [0, 0.05) is 25.8 Å². The molecule has 1 fully saturated rings. The van der Waals surface area contributed by atoms with Crippen LogP contribution in [0.3, 0.4) is 0 Å². The van der Waals surface area contributed by atoms with Crippen molar-refractivity contribution >= 4 is 54.2 Å². The summed E-state index contributed by atoms with van der Waals surface area (Å²) in [5.41, 5.74) is 3.01. The van der Waals surface area contributed by atoms with E-state index in [-0.39, 0.29) is 23.5 Å². The summed E-state index contributed by atoms with van der Waals surface area (Å²) in [4.78, 5) is 20.3. The van der Waals surface area contributed by atoms with E-state index in [4.69, 9.17) is 21.3 Å². The number of anilines is 1. The maximum atomic E-state index is 13.8. The Labute approximate surface area is 231 Å². The lowest BCUT2D eigenvalue weighted by Crippen LogP contribution is -2.37. The normalized spacial score (nSPS) is 15.8. The molecule has 10 heteroatoms. The van der Waals surface area contributed by atoms with E-state index in [1.807, 2.05) is 49.4 Å². The van der Waals surface area contributed by atoms with E-state index >= 15 is 0 Å². The minimum Gasteiger partial charge on any atom is -0.376 e. The lowest BCUT2D eigenvalue weighted by atomic mass is 10.2. The van der Waals surface area contributed by atoms with Crippen LogP contribution in [0.25, 0.3) is 10.2 Å². The molecule has 5 rings (SSSR count). The van der Waals surface area contributed by atoms with Crippen LogP contribution in [0.4, 0.5) is 5.13 Å². The molecule has 1 atom stereocenters. The van der Waals surface area contributed by atoms with Crippen LogP contribution in [0.5, 0.6) is 0 Å². The van der Waals surface area contributed by atoms with Gasteiger partial charge < -0.3 is 4.74 Å². The Morgan fingerprint density at radius 3 is 2.50 bits per heavy atom. The third-order valence-electron chi connectivity index (χ3n) is 6.63. The van der Waals surface area contributed by atoms with Gasteiger partial charge in [-0.2, -0.15) is 4.31 Å². The Morgan fingerprint density at radius 1 is 1.11 bits per heavy atom. The molecular weight excluding hydrogens is 542 g/mol. The molecule has 4 aromatic rings. The number of thiazole rings is 1. The zero-order valence-electron chi connectivity index (χ0n) is 21.1. The molecule has 2 heterocycles. The number of hydrogen-bond donors (Lipinski definition) is 0. The lowest BCUT2D eigenvalue weighted by Gasteiger charge is -2.23. The molecule has 7 nitrogen and oxygen atoms in total. The van der Waals surface area contributed by atoms with E-state index in [1.165, 1.54) is 27.8 Å². The van der Waals surface area contributed by atoms with Crippen molar-refractivity contribution in [2.45, 2.75) is 37.3 Å². The van der Waals surface area contributed by atoms with Gasteiger partial charge in [0.2, 0.25) is 10.0 Å². The molecule has 0 radical (unpaired) electrons. The van der Waals surface area contributed by atoms with E-state index in [0.717, 1.165) is 34.2 Å². The molecule has 1 unspecified atom stereocenters. The molecule has 0 spiro atoms. The fourth-order valence-corrected chi connectivity index (χ4v) is 6.96. The Bertz CT molecular complexity index is 1510. The fourth-order valence-electron chi connectivity index (χ4n) is 4.48. The van der Waals surface area contributed by atoms with Crippen LogP contribution < -0.4 is 4.90 Å². The van der Waals surface area contributed by atoms with Crippen molar-refractivity contribution in [2.24, 2.45) is 0 Å². The van der Waals surface area contributed by atoms with Crippen LogP contribution in [0.2, 0.25) is 5.02 Å². The minimum absolute atomic E-state index is 0.0891. The number of ether oxygens (including phenoxy) is 1. The molecule has 1 saturated heterocycles. The van der Waals surface area contributed by atoms with Crippen LogP contribution in [0.15, 0.2) is 71.6 Å². The molecule has 0 bridgehead atoms. The molecular formula is C28H28ClN3O4S2. The van der Waals surface area contributed by atoms with Gasteiger partial charge in [0.25, 0.3) is 5.91 Å². The summed E-state index contributed by atoms with van der Waals surface area (Å²) in [5, 5.41) is 1.13. The molecule has 38 heavy (non-hydrogen) atoms. The van der Waals surface area contributed by atoms with Crippen molar-refractivity contribution in [1.29, 1.82) is 0 Å². The van der Waals surface area contributed by atoms with Crippen molar-refractivity contribution < 1.29 is 17.9 Å². The van der Waals surface area contributed by atoms with Crippen LogP contribution in [0.1, 0.15) is 34.3 Å². The van der Waals surface area contributed by atoms with Gasteiger partial charge in [0.15, 0.2) is 5.13 Å². The first-order valence-corrected chi connectivity index (χ1v) is 15.0. The van der Waals surface area contributed by atoms with Crippen LogP contribution in [-0.2, 0) is 21.3 Å². The second kappa shape index (κ2) is 11.1. The van der Waals surface area contributed by atoms with Gasteiger partial charge in [-0.15, -0.1) is 0 Å². The van der Waals surface area contributed by atoms with Crippen molar-refractivity contribution in [2.75, 3.05) is 25.1 Å². The molecule has 1 aliphatic rings. The molecule has 198 valence electrons. The third kappa shape index (κ3) is 5.48. The highest BCUT2D eigenvalue weighted by Crippen LogP contribution is 2.36. The number of rotatable bonds is 8. The number of fused-ring (bicyclic) bond motifs is 1. The first kappa shape index (κ1) is 26.8. The molecule has 1 aromatic heterocycles. The largest absolute Gasteiger partial charge is 0.376 e. The smallest absolute Gasteiger partial charge is 0.260 e. The molecule has 0 saturated carbocycles. The second-order valence-corrected chi connectivity index (χ2v) is 12.8. The second-order valence-electron chi connectivity index (χ2n) is 9.36. The van der Waals surface area contributed by atoms with Crippen LogP contribution in [0, 0.1) is 6.92 Å². The highest BCUT2D eigenvalue weighted by Gasteiger charge is 2.28. The first-order chi connectivity index (χ1) is 18.2. The number of halogens is 1. The number of sulfonamides is 1. The minimum atomic E-state index is -3.73. The van der Waals surface area contributed by atoms with Gasteiger partial charge >= 0.3 is 0 Å². The van der Waals surface area contributed by atoms with Crippen LogP contribution >= 0.6 is 22.9 Å². The van der Waals surface area contributed by atoms with Crippen molar-refractivity contribution in [3.8, 4) is 0 Å². The van der Waals surface area contributed by atoms with Gasteiger partial charge in [-0.25, -0.2) is 13.4 Å². The number of nitrogens with zero attached hydrogens (tertiary/aromatic N) is 3. The first-order valence-electron chi connectivity index (χ1n) is 12.3. The van der Waals surface area contributed by atoms with Crippen molar-refractivity contribution in [3.05, 3.63) is 88.4 Å². The molecule has 0 N–H and O–H groups in total. The number of hydrogen-bond acceptors (Lipinski definition) is 6. The average molecular weight is 570 g/mol. The predicted molar refractivity (Wildman–Crippen MR) is 152 cm³/mol. The molecule has 1 amide bonds. The molecule has 0 aliphatic carbocycles. The predicted octanol–water partition coefficient (Wildman–Crippen LogP) is 5.90. The molecule has 3 aromatic carbocycles. The number of amides is 1. The number of aryl methyl sites for hydroxylation is 1. The van der Waals surface area contributed by atoms with Gasteiger partial charge in [0.1, 0.15) is 0 Å². The number of carbonyl (C=O) groups excluding carboxylic acids is 1. The van der Waals surface area contributed by atoms with Gasteiger partial charge in [-0.3, -0.25) is 9.69 Å². The Balaban J connectivity index is 1.42. The van der Waals surface area contributed by atoms with Crippen LogP contribution in [-0.4, -0.2) is 49.9 Å². The SMILES string of the molecule is Cc1ccc(Cl)c2sc(N(CC3CCCO3)C(=O)c3ccc(S(=O)(=O)N(C)Cc4ccccc4)cc3)nc12. The number of carbonyl (C=O) groups is 1. The maximum Gasteiger partial charge on any atom is 0.260 e. The number of benzene rings is 3. The monoisotopic (exact) mass is 569 g/mol. The Morgan fingerprint density at radius 2 is 1.84 bits per heavy atom. The summed E-state index contributed by atoms with van der Waals surface area (Å²) >= 11 is 7.80. The van der Waals surface area contributed by atoms with E-state index in [2.05, 4.69) is 0 Å².